The summed E-state index contributed by atoms with van der Waals surface area (Å²) in [5, 5.41) is 0.562. The number of nitrogens with two attached hydrogens (primary N) is 1. The van der Waals surface area contributed by atoms with Gasteiger partial charge in [-0.25, -0.2) is 9.97 Å². The summed E-state index contributed by atoms with van der Waals surface area (Å²) in [6, 6.07) is 0.246. The minimum Gasteiger partial charge on any atom is -0.373 e. The maximum absolute atomic E-state index is 6.08. The van der Waals surface area contributed by atoms with E-state index in [9.17, 15) is 0 Å². The third-order valence-electron chi connectivity index (χ3n) is 2.69. The Balaban J connectivity index is 2.21. The van der Waals surface area contributed by atoms with E-state index in [0.29, 0.717) is 24.7 Å². The predicted octanol–water partition coefficient (Wildman–Crippen LogP) is 0.682. The second-order valence-electron chi connectivity index (χ2n) is 3.89. The van der Waals surface area contributed by atoms with Crippen molar-refractivity contribution in [1.82, 2.24) is 9.97 Å². The van der Waals surface area contributed by atoms with Crippen LogP contribution in [0.25, 0.3) is 0 Å². The minimum absolute atomic E-state index is 0.0437. The van der Waals surface area contributed by atoms with Crippen LogP contribution in [0.3, 0.4) is 0 Å². The number of halogens is 1. The highest BCUT2D eigenvalue weighted by Gasteiger charge is 2.27. The summed E-state index contributed by atoms with van der Waals surface area (Å²) in [5.74, 6) is 0.755. The van der Waals surface area contributed by atoms with Crippen molar-refractivity contribution < 1.29 is 4.74 Å². The first-order valence-corrected chi connectivity index (χ1v) is 5.64. The van der Waals surface area contributed by atoms with E-state index in [2.05, 4.69) is 21.8 Å². The van der Waals surface area contributed by atoms with Crippen LogP contribution >= 0.6 is 11.6 Å². The number of hydrogen-bond acceptors (Lipinski definition) is 5. The SMILES string of the molecule is CC1COC(CN)CN1c1ncncc1Cl. The molecular formula is C10H15ClN4O. The number of aromatic nitrogens is 2. The molecule has 2 heterocycles. The van der Waals surface area contributed by atoms with Crippen molar-refractivity contribution in [2.75, 3.05) is 24.6 Å². The van der Waals surface area contributed by atoms with Crippen molar-refractivity contribution in [3.8, 4) is 0 Å². The van der Waals surface area contributed by atoms with E-state index >= 15 is 0 Å². The maximum Gasteiger partial charge on any atom is 0.151 e. The summed E-state index contributed by atoms with van der Waals surface area (Å²) in [6.45, 7) is 3.94. The number of nitrogens with zero attached hydrogens (tertiary/aromatic N) is 3. The largest absolute Gasteiger partial charge is 0.373 e. The van der Waals surface area contributed by atoms with Crippen LogP contribution in [-0.4, -0.2) is 41.8 Å². The molecule has 1 aromatic rings. The number of hydrogen-bond donors (Lipinski definition) is 1. The normalized spacial score (nSPS) is 25.8. The Morgan fingerprint density at radius 2 is 2.50 bits per heavy atom. The lowest BCUT2D eigenvalue weighted by Gasteiger charge is -2.38. The van der Waals surface area contributed by atoms with E-state index in [1.807, 2.05) is 0 Å². The molecule has 2 rings (SSSR count). The van der Waals surface area contributed by atoms with Crippen molar-refractivity contribution >= 4 is 17.4 Å². The minimum atomic E-state index is 0.0437. The van der Waals surface area contributed by atoms with E-state index in [1.54, 1.807) is 6.20 Å². The van der Waals surface area contributed by atoms with Gasteiger partial charge in [-0.05, 0) is 6.92 Å². The second kappa shape index (κ2) is 4.95. The van der Waals surface area contributed by atoms with E-state index in [0.717, 1.165) is 5.82 Å². The Bertz CT molecular complexity index is 362. The summed E-state index contributed by atoms with van der Waals surface area (Å²) in [7, 11) is 0. The maximum atomic E-state index is 6.08. The van der Waals surface area contributed by atoms with Gasteiger partial charge >= 0.3 is 0 Å². The van der Waals surface area contributed by atoms with Gasteiger partial charge in [0.25, 0.3) is 0 Å². The monoisotopic (exact) mass is 242 g/mol. The molecule has 2 atom stereocenters. The van der Waals surface area contributed by atoms with Crippen LogP contribution in [-0.2, 0) is 4.74 Å². The van der Waals surface area contributed by atoms with Gasteiger partial charge in [-0.3, -0.25) is 0 Å². The highest BCUT2D eigenvalue weighted by atomic mass is 35.5. The molecule has 0 spiro atoms. The topological polar surface area (TPSA) is 64.3 Å². The smallest absolute Gasteiger partial charge is 0.151 e. The number of rotatable bonds is 2. The lowest BCUT2D eigenvalue weighted by atomic mass is 10.2. The van der Waals surface area contributed by atoms with E-state index in [-0.39, 0.29) is 12.1 Å². The molecule has 0 radical (unpaired) electrons. The molecule has 1 fully saturated rings. The van der Waals surface area contributed by atoms with Crippen LogP contribution in [0.5, 0.6) is 0 Å². The molecule has 1 aliphatic heterocycles. The van der Waals surface area contributed by atoms with Gasteiger partial charge in [-0.15, -0.1) is 0 Å². The van der Waals surface area contributed by atoms with E-state index < -0.39 is 0 Å². The average Bonchev–Trinajstić information content (AvgIpc) is 2.31. The molecule has 1 aliphatic rings. The average molecular weight is 243 g/mol. The summed E-state index contributed by atoms with van der Waals surface area (Å²) in [4.78, 5) is 10.2. The Kier molecular flexibility index (Phi) is 3.58. The fraction of sp³-hybridized carbons (Fsp3) is 0.600. The summed E-state index contributed by atoms with van der Waals surface area (Å²) >= 11 is 6.08. The van der Waals surface area contributed by atoms with Crippen LogP contribution in [0, 0.1) is 0 Å². The van der Waals surface area contributed by atoms with Crippen LogP contribution in [0.1, 0.15) is 6.92 Å². The zero-order valence-electron chi connectivity index (χ0n) is 9.14. The summed E-state index contributed by atoms with van der Waals surface area (Å²) in [6.07, 6.45) is 3.15. The molecule has 6 heteroatoms. The first kappa shape index (κ1) is 11.6. The van der Waals surface area contributed by atoms with E-state index in [1.165, 1.54) is 6.33 Å². The van der Waals surface area contributed by atoms with Gasteiger partial charge in [0.05, 0.1) is 24.9 Å². The van der Waals surface area contributed by atoms with Gasteiger partial charge < -0.3 is 15.4 Å². The van der Waals surface area contributed by atoms with Gasteiger partial charge in [-0.2, -0.15) is 0 Å². The molecule has 5 nitrogen and oxygen atoms in total. The Morgan fingerprint density at radius 3 is 3.19 bits per heavy atom. The van der Waals surface area contributed by atoms with Crippen LogP contribution in [0.2, 0.25) is 5.02 Å². The third kappa shape index (κ3) is 2.26. The first-order valence-electron chi connectivity index (χ1n) is 5.26. The van der Waals surface area contributed by atoms with Gasteiger partial charge in [0.2, 0.25) is 0 Å². The van der Waals surface area contributed by atoms with Crippen LogP contribution in [0.15, 0.2) is 12.5 Å². The standard InChI is InChI=1S/C10H15ClN4O/c1-7-5-16-8(2-12)4-15(7)10-9(11)3-13-6-14-10/h3,6-8H,2,4-5,12H2,1H3. The van der Waals surface area contributed by atoms with Crippen molar-refractivity contribution in [2.24, 2.45) is 5.73 Å². The highest BCUT2D eigenvalue weighted by Crippen LogP contribution is 2.25. The molecule has 1 saturated heterocycles. The molecule has 0 bridgehead atoms. The van der Waals surface area contributed by atoms with Gasteiger partial charge in [0.1, 0.15) is 11.3 Å². The highest BCUT2D eigenvalue weighted by molar-refractivity contribution is 6.32. The molecule has 2 N–H and O–H groups in total. The molecule has 16 heavy (non-hydrogen) atoms. The lowest BCUT2D eigenvalue weighted by molar-refractivity contribution is 0.0280. The molecule has 1 aromatic heterocycles. The van der Waals surface area contributed by atoms with Gasteiger partial charge in [-0.1, -0.05) is 11.6 Å². The molecule has 2 unspecified atom stereocenters. The Morgan fingerprint density at radius 1 is 1.69 bits per heavy atom. The van der Waals surface area contributed by atoms with Crippen molar-refractivity contribution in [2.45, 2.75) is 19.1 Å². The van der Waals surface area contributed by atoms with Gasteiger partial charge in [0, 0.05) is 13.1 Å². The van der Waals surface area contributed by atoms with Crippen LogP contribution < -0.4 is 10.6 Å². The van der Waals surface area contributed by atoms with Crippen molar-refractivity contribution in [3.05, 3.63) is 17.5 Å². The lowest BCUT2D eigenvalue weighted by Crippen LogP contribution is -2.51. The molecule has 88 valence electrons. The van der Waals surface area contributed by atoms with E-state index in [4.69, 9.17) is 22.1 Å². The van der Waals surface area contributed by atoms with Crippen molar-refractivity contribution in [1.29, 1.82) is 0 Å². The third-order valence-corrected chi connectivity index (χ3v) is 2.96. The summed E-state index contributed by atoms with van der Waals surface area (Å²) < 4.78 is 5.58. The molecular weight excluding hydrogens is 228 g/mol. The number of anilines is 1. The van der Waals surface area contributed by atoms with Crippen molar-refractivity contribution in [3.63, 3.8) is 0 Å². The zero-order valence-corrected chi connectivity index (χ0v) is 9.89. The van der Waals surface area contributed by atoms with Crippen LogP contribution in [0.4, 0.5) is 5.82 Å². The second-order valence-corrected chi connectivity index (χ2v) is 4.29. The molecule has 0 aromatic carbocycles. The zero-order chi connectivity index (χ0) is 11.5. The molecule has 0 amide bonds. The summed E-state index contributed by atoms with van der Waals surface area (Å²) in [5.41, 5.74) is 5.61. The van der Waals surface area contributed by atoms with Gasteiger partial charge in [0.15, 0.2) is 5.82 Å². The first-order chi connectivity index (χ1) is 7.72. The Labute approximate surface area is 99.6 Å². The fourth-order valence-electron chi connectivity index (χ4n) is 1.77. The molecule has 0 aliphatic carbocycles. The molecule has 0 saturated carbocycles. The quantitative estimate of drug-likeness (QED) is 0.827. The predicted molar refractivity (Wildman–Crippen MR) is 62.6 cm³/mol. The number of morpholine rings is 1. The fourth-order valence-corrected chi connectivity index (χ4v) is 1.99. The Hall–Kier alpha value is -0.910. The number of ether oxygens (including phenoxy) is 1.